The van der Waals surface area contributed by atoms with Crippen molar-refractivity contribution in [2.75, 3.05) is 10.6 Å². The van der Waals surface area contributed by atoms with E-state index in [1.54, 1.807) is 30.5 Å². The minimum Gasteiger partial charge on any atom is -0.350 e. The molecule has 0 aliphatic carbocycles. The van der Waals surface area contributed by atoms with Gasteiger partial charge in [-0.15, -0.1) is 0 Å². The molecular weight excluding hydrogens is 367 g/mol. The smallest absolute Gasteiger partial charge is 0.224 e. The molecule has 7 heteroatoms. The molecule has 3 aromatic rings. The summed E-state index contributed by atoms with van der Waals surface area (Å²) >= 11 is 18.0. The van der Waals surface area contributed by atoms with Crippen molar-refractivity contribution in [2.45, 2.75) is 6.54 Å². The second-order valence-electron chi connectivity index (χ2n) is 4.99. The van der Waals surface area contributed by atoms with Crippen LogP contribution in [0.15, 0.2) is 54.7 Å². The van der Waals surface area contributed by atoms with Gasteiger partial charge in [0.25, 0.3) is 0 Å². The molecule has 0 saturated heterocycles. The summed E-state index contributed by atoms with van der Waals surface area (Å²) in [4.78, 5) is 8.62. The first-order valence-electron chi connectivity index (χ1n) is 7.13. The summed E-state index contributed by atoms with van der Waals surface area (Å²) in [5.74, 6) is 1.13. The Labute approximate surface area is 154 Å². The molecule has 24 heavy (non-hydrogen) atoms. The van der Waals surface area contributed by atoms with E-state index in [0.717, 1.165) is 5.56 Å². The van der Waals surface area contributed by atoms with Crippen LogP contribution in [-0.4, -0.2) is 9.97 Å². The number of halogens is 3. The lowest BCUT2D eigenvalue weighted by Crippen LogP contribution is -2.05. The van der Waals surface area contributed by atoms with Gasteiger partial charge in [0.05, 0.1) is 10.7 Å². The Morgan fingerprint density at radius 2 is 1.62 bits per heavy atom. The summed E-state index contributed by atoms with van der Waals surface area (Å²) in [5.41, 5.74) is 1.77. The fraction of sp³-hybridized carbons (Fsp3) is 0.0588. The van der Waals surface area contributed by atoms with Crippen LogP contribution < -0.4 is 10.6 Å². The van der Waals surface area contributed by atoms with Crippen molar-refractivity contribution >= 4 is 52.3 Å². The third-order valence-corrected chi connectivity index (χ3v) is 4.03. The quantitative estimate of drug-likeness (QED) is 0.589. The summed E-state index contributed by atoms with van der Waals surface area (Å²) in [7, 11) is 0. The summed E-state index contributed by atoms with van der Waals surface area (Å²) in [6.45, 7) is 0.596. The lowest BCUT2D eigenvalue weighted by molar-refractivity contribution is 1.06. The minimum atomic E-state index is 0.508. The van der Waals surface area contributed by atoms with E-state index in [9.17, 15) is 0 Å². The van der Waals surface area contributed by atoms with Crippen molar-refractivity contribution in [1.82, 2.24) is 9.97 Å². The van der Waals surface area contributed by atoms with E-state index in [0.29, 0.717) is 39.1 Å². The molecule has 4 nitrogen and oxygen atoms in total. The maximum absolute atomic E-state index is 6.15. The van der Waals surface area contributed by atoms with Crippen LogP contribution in [0.1, 0.15) is 5.56 Å². The Hall–Kier alpha value is -2.01. The van der Waals surface area contributed by atoms with Crippen LogP contribution in [0.2, 0.25) is 15.1 Å². The van der Waals surface area contributed by atoms with Gasteiger partial charge < -0.3 is 10.6 Å². The zero-order valence-electron chi connectivity index (χ0n) is 12.4. The number of benzene rings is 2. The molecule has 0 aliphatic heterocycles. The Balaban J connectivity index is 1.69. The first kappa shape index (κ1) is 16.8. The number of aromatic nitrogens is 2. The molecule has 0 radical (unpaired) electrons. The van der Waals surface area contributed by atoms with Gasteiger partial charge in [0.1, 0.15) is 5.82 Å². The van der Waals surface area contributed by atoms with Crippen molar-refractivity contribution < 1.29 is 0 Å². The van der Waals surface area contributed by atoms with Gasteiger partial charge in [-0.2, -0.15) is 4.98 Å². The van der Waals surface area contributed by atoms with Crippen molar-refractivity contribution in [1.29, 1.82) is 0 Å². The average Bonchev–Trinajstić information content (AvgIpc) is 2.58. The van der Waals surface area contributed by atoms with E-state index in [1.165, 1.54) is 0 Å². The van der Waals surface area contributed by atoms with E-state index in [4.69, 9.17) is 34.8 Å². The number of hydrogen-bond acceptors (Lipinski definition) is 4. The second-order valence-corrected chi connectivity index (χ2v) is 6.27. The van der Waals surface area contributed by atoms with Gasteiger partial charge in [0, 0.05) is 22.8 Å². The molecule has 0 spiro atoms. The average molecular weight is 380 g/mol. The highest BCUT2D eigenvalue weighted by Gasteiger charge is 2.04. The normalized spacial score (nSPS) is 10.5. The predicted octanol–water partition coefficient (Wildman–Crippen LogP) is 5.79. The maximum atomic E-state index is 6.15. The van der Waals surface area contributed by atoms with Crippen molar-refractivity contribution in [3.05, 3.63) is 75.4 Å². The second kappa shape index (κ2) is 7.71. The Morgan fingerprint density at radius 3 is 2.42 bits per heavy atom. The SMILES string of the molecule is Clc1ccc(CNc2nccc(Nc3cc(Cl)ccc3Cl)n2)cc1. The van der Waals surface area contributed by atoms with Crippen LogP contribution in [0.3, 0.4) is 0 Å². The summed E-state index contributed by atoms with van der Waals surface area (Å²) in [5, 5.41) is 8.17. The van der Waals surface area contributed by atoms with Crippen LogP contribution in [-0.2, 0) is 6.54 Å². The molecule has 0 aliphatic rings. The fourth-order valence-electron chi connectivity index (χ4n) is 2.03. The minimum absolute atomic E-state index is 0.508. The molecule has 2 N–H and O–H groups in total. The van der Waals surface area contributed by atoms with Crippen molar-refractivity contribution in [3.63, 3.8) is 0 Å². The molecule has 3 rings (SSSR count). The number of hydrogen-bond donors (Lipinski definition) is 2. The molecule has 0 bridgehead atoms. The third-order valence-electron chi connectivity index (χ3n) is 3.21. The lowest BCUT2D eigenvalue weighted by atomic mass is 10.2. The van der Waals surface area contributed by atoms with Crippen molar-refractivity contribution in [3.8, 4) is 0 Å². The van der Waals surface area contributed by atoms with Gasteiger partial charge in [0.15, 0.2) is 0 Å². The highest BCUT2D eigenvalue weighted by atomic mass is 35.5. The van der Waals surface area contributed by atoms with Gasteiger partial charge in [-0.1, -0.05) is 46.9 Å². The first-order valence-corrected chi connectivity index (χ1v) is 8.27. The van der Waals surface area contributed by atoms with Crippen LogP contribution in [0, 0.1) is 0 Å². The molecule has 2 aromatic carbocycles. The van der Waals surface area contributed by atoms with Gasteiger partial charge in [-0.3, -0.25) is 0 Å². The summed E-state index contributed by atoms with van der Waals surface area (Å²) in [6, 6.07) is 14.5. The van der Waals surface area contributed by atoms with Crippen LogP contribution in [0.25, 0.3) is 0 Å². The predicted molar refractivity (Wildman–Crippen MR) is 101 cm³/mol. The topological polar surface area (TPSA) is 49.8 Å². The number of anilines is 3. The molecule has 0 unspecified atom stereocenters. The first-order chi connectivity index (χ1) is 11.6. The van der Waals surface area contributed by atoms with Crippen LogP contribution >= 0.6 is 34.8 Å². The third kappa shape index (κ3) is 4.51. The maximum Gasteiger partial charge on any atom is 0.224 e. The van der Waals surface area contributed by atoms with Gasteiger partial charge >= 0.3 is 0 Å². The van der Waals surface area contributed by atoms with Gasteiger partial charge in [-0.25, -0.2) is 4.98 Å². The van der Waals surface area contributed by atoms with E-state index < -0.39 is 0 Å². The van der Waals surface area contributed by atoms with E-state index >= 15 is 0 Å². The largest absolute Gasteiger partial charge is 0.350 e. The molecule has 0 fully saturated rings. The van der Waals surface area contributed by atoms with E-state index in [2.05, 4.69) is 20.6 Å². The number of nitrogens with zero attached hydrogens (tertiary/aromatic N) is 2. The lowest BCUT2D eigenvalue weighted by Gasteiger charge is -2.10. The number of rotatable bonds is 5. The Bertz CT molecular complexity index is 837. The summed E-state index contributed by atoms with van der Waals surface area (Å²) in [6.07, 6.45) is 1.66. The van der Waals surface area contributed by atoms with Crippen LogP contribution in [0.5, 0.6) is 0 Å². The van der Waals surface area contributed by atoms with E-state index in [-0.39, 0.29) is 0 Å². The molecule has 122 valence electrons. The van der Waals surface area contributed by atoms with Crippen molar-refractivity contribution in [2.24, 2.45) is 0 Å². The molecular formula is C17H13Cl3N4. The zero-order chi connectivity index (χ0) is 16.9. The summed E-state index contributed by atoms with van der Waals surface area (Å²) < 4.78 is 0. The molecule has 0 amide bonds. The highest BCUT2D eigenvalue weighted by molar-refractivity contribution is 6.35. The Morgan fingerprint density at radius 1 is 0.875 bits per heavy atom. The van der Waals surface area contributed by atoms with Crippen LogP contribution in [0.4, 0.5) is 17.5 Å². The monoisotopic (exact) mass is 378 g/mol. The van der Waals surface area contributed by atoms with E-state index in [1.807, 2.05) is 24.3 Å². The van der Waals surface area contributed by atoms with Gasteiger partial charge in [-0.05, 0) is 42.0 Å². The molecule has 0 saturated carbocycles. The molecule has 0 atom stereocenters. The standard InChI is InChI=1S/C17H13Cl3N4/c18-12-3-1-11(2-4-12)10-22-17-21-8-7-16(24-17)23-15-9-13(19)5-6-14(15)20/h1-9H,10H2,(H2,21,22,23,24). The fourth-order valence-corrected chi connectivity index (χ4v) is 2.49. The zero-order valence-corrected chi connectivity index (χ0v) is 14.7. The molecule has 1 heterocycles. The molecule has 1 aromatic heterocycles. The Kier molecular flexibility index (Phi) is 5.41. The highest BCUT2D eigenvalue weighted by Crippen LogP contribution is 2.27. The number of nitrogens with one attached hydrogen (secondary N) is 2. The van der Waals surface area contributed by atoms with Gasteiger partial charge in [0.2, 0.25) is 5.95 Å².